The van der Waals surface area contributed by atoms with E-state index in [2.05, 4.69) is 43.0 Å². The van der Waals surface area contributed by atoms with Gasteiger partial charge < -0.3 is 14.5 Å². The summed E-state index contributed by atoms with van der Waals surface area (Å²) in [7, 11) is 0. The van der Waals surface area contributed by atoms with Crippen molar-refractivity contribution in [2.45, 2.75) is 26.4 Å². The van der Waals surface area contributed by atoms with Crippen LogP contribution >= 0.6 is 0 Å². The Bertz CT molecular complexity index is 1670. The van der Waals surface area contributed by atoms with Crippen molar-refractivity contribution in [3.05, 3.63) is 131 Å². The quantitative estimate of drug-likeness (QED) is 0.263. The van der Waals surface area contributed by atoms with Crippen LogP contribution in [-0.4, -0.2) is 42.4 Å². The van der Waals surface area contributed by atoms with Gasteiger partial charge in [-0.3, -0.25) is 14.5 Å². The molecule has 1 fully saturated rings. The molecular formula is C35H32FN3O3. The Morgan fingerprint density at radius 3 is 2.48 bits per heavy atom. The SMILES string of the molecule is Cc1cccc(N2CCN(C(=O)c3ccc(/C=C4\Oc5ccccc5N(Cc5ccccc5F)C4=O)cc3)C[C@@H]2C)c1. The summed E-state index contributed by atoms with van der Waals surface area (Å²) >= 11 is 0. The Kier molecular flexibility index (Phi) is 7.48. The summed E-state index contributed by atoms with van der Waals surface area (Å²) in [5.41, 5.74) is 4.71. The van der Waals surface area contributed by atoms with Gasteiger partial charge in [-0.1, -0.05) is 54.6 Å². The predicted octanol–water partition coefficient (Wildman–Crippen LogP) is 6.45. The monoisotopic (exact) mass is 561 g/mol. The van der Waals surface area contributed by atoms with Crippen LogP contribution in [0.1, 0.15) is 34.0 Å². The Labute approximate surface area is 245 Å². The predicted molar refractivity (Wildman–Crippen MR) is 163 cm³/mol. The number of carbonyl (C=O) groups excluding carboxylic acids is 2. The summed E-state index contributed by atoms with van der Waals surface area (Å²) in [4.78, 5) is 32.6. The van der Waals surface area contributed by atoms with E-state index in [0.29, 0.717) is 35.7 Å². The maximum Gasteiger partial charge on any atom is 0.294 e. The smallest absolute Gasteiger partial charge is 0.294 e. The lowest BCUT2D eigenvalue weighted by molar-refractivity contribution is -0.117. The number of piperazine rings is 1. The average molecular weight is 562 g/mol. The van der Waals surface area contributed by atoms with E-state index in [4.69, 9.17) is 4.74 Å². The van der Waals surface area contributed by atoms with E-state index in [-0.39, 0.29) is 36.0 Å². The van der Waals surface area contributed by atoms with Crippen LogP contribution in [0.25, 0.3) is 6.08 Å². The van der Waals surface area contributed by atoms with Crippen molar-refractivity contribution in [2.75, 3.05) is 29.4 Å². The second kappa shape index (κ2) is 11.5. The van der Waals surface area contributed by atoms with Crippen LogP contribution in [0.2, 0.25) is 0 Å². The molecular weight excluding hydrogens is 529 g/mol. The topological polar surface area (TPSA) is 53.1 Å². The molecule has 0 bridgehead atoms. The van der Waals surface area contributed by atoms with E-state index in [1.54, 1.807) is 48.5 Å². The van der Waals surface area contributed by atoms with Gasteiger partial charge in [-0.05, 0) is 73.5 Å². The van der Waals surface area contributed by atoms with Crippen LogP contribution in [0.4, 0.5) is 15.8 Å². The molecule has 0 saturated carbocycles. The number of carbonyl (C=O) groups is 2. The number of hydrogen-bond donors (Lipinski definition) is 0. The number of aryl methyl sites for hydroxylation is 1. The van der Waals surface area contributed by atoms with E-state index >= 15 is 0 Å². The minimum Gasteiger partial charge on any atom is -0.449 e. The molecule has 1 atom stereocenters. The van der Waals surface area contributed by atoms with Crippen molar-refractivity contribution in [1.29, 1.82) is 0 Å². The molecule has 0 radical (unpaired) electrons. The van der Waals surface area contributed by atoms with Gasteiger partial charge in [-0.15, -0.1) is 0 Å². The molecule has 0 spiro atoms. The number of anilines is 2. The molecule has 0 unspecified atom stereocenters. The molecule has 42 heavy (non-hydrogen) atoms. The van der Waals surface area contributed by atoms with E-state index in [9.17, 15) is 14.0 Å². The van der Waals surface area contributed by atoms with Gasteiger partial charge in [0.15, 0.2) is 11.5 Å². The number of nitrogens with zero attached hydrogens (tertiary/aromatic N) is 3. The summed E-state index contributed by atoms with van der Waals surface area (Å²) in [5, 5.41) is 0. The van der Waals surface area contributed by atoms with Gasteiger partial charge in [0, 0.05) is 42.5 Å². The molecule has 0 aliphatic carbocycles. The van der Waals surface area contributed by atoms with E-state index in [1.165, 1.54) is 22.2 Å². The molecule has 2 aliphatic rings. The minimum atomic E-state index is -0.369. The zero-order valence-corrected chi connectivity index (χ0v) is 23.7. The summed E-state index contributed by atoms with van der Waals surface area (Å²) in [6, 6.07) is 29.5. The van der Waals surface area contributed by atoms with Crippen molar-refractivity contribution in [2.24, 2.45) is 0 Å². The number of benzene rings is 4. The Morgan fingerprint density at radius 2 is 1.71 bits per heavy atom. The van der Waals surface area contributed by atoms with Crippen LogP contribution in [-0.2, 0) is 11.3 Å². The number of fused-ring (bicyclic) bond motifs is 1. The van der Waals surface area contributed by atoms with Gasteiger partial charge in [0.1, 0.15) is 5.82 Å². The van der Waals surface area contributed by atoms with Gasteiger partial charge >= 0.3 is 0 Å². The van der Waals surface area contributed by atoms with E-state index in [0.717, 1.165) is 12.1 Å². The summed E-state index contributed by atoms with van der Waals surface area (Å²) in [6.07, 6.45) is 1.66. The Balaban J connectivity index is 1.17. The highest BCUT2D eigenvalue weighted by Crippen LogP contribution is 2.37. The van der Waals surface area contributed by atoms with Gasteiger partial charge in [0.25, 0.3) is 11.8 Å². The zero-order valence-electron chi connectivity index (χ0n) is 23.7. The fourth-order valence-electron chi connectivity index (χ4n) is 5.60. The maximum atomic E-state index is 14.4. The van der Waals surface area contributed by atoms with Crippen molar-refractivity contribution in [1.82, 2.24) is 4.90 Å². The first-order valence-electron chi connectivity index (χ1n) is 14.1. The standard InChI is InChI=1S/C35H32FN3O3/c1-24-8-7-10-29(20-24)38-19-18-37(22-25(38)2)34(40)27-16-14-26(15-17-27)21-33-35(41)39(23-28-9-3-4-11-30(28)36)31-12-5-6-13-32(31)42-33/h3-17,20-21,25H,18-19,22-23H2,1-2H3/b33-21-/t25-/m0/s1. The van der Waals surface area contributed by atoms with Gasteiger partial charge in [-0.25, -0.2) is 4.39 Å². The summed E-state index contributed by atoms with van der Waals surface area (Å²) in [5.74, 6) is -0.0980. The number of halogens is 1. The highest BCUT2D eigenvalue weighted by molar-refractivity contribution is 6.09. The third-order valence-corrected chi connectivity index (χ3v) is 7.82. The Hall–Kier alpha value is -4.91. The van der Waals surface area contributed by atoms with Crippen molar-refractivity contribution in [3.8, 4) is 5.75 Å². The molecule has 1 saturated heterocycles. The molecule has 4 aromatic rings. The van der Waals surface area contributed by atoms with Gasteiger partial charge in [0.05, 0.1) is 12.2 Å². The molecule has 4 aromatic carbocycles. The Morgan fingerprint density at radius 1 is 0.952 bits per heavy atom. The van der Waals surface area contributed by atoms with E-state index in [1.807, 2.05) is 29.2 Å². The molecule has 212 valence electrons. The number of hydrogen-bond acceptors (Lipinski definition) is 4. The van der Waals surface area contributed by atoms with Crippen molar-refractivity contribution in [3.63, 3.8) is 0 Å². The first-order valence-corrected chi connectivity index (χ1v) is 14.1. The summed E-state index contributed by atoms with van der Waals surface area (Å²) < 4.78 is 20.4. The molecule has 2 heterocycles. The third-order valence-electron chi connectivity index (χ3n) is 7.82. The number of ether oxygens (including phenoxy) is 1. The van der Waals surface area contributed by atoms with Crippen LogP contribution in [0.15, 0.2) is 103 Å². The molecule has 6 rings (SSSR count). The molecule has 0 N–H and O–H groups in total. The molecule has 2 amide bonds. The number of amides is 2. The second-order valence-electron chi connectivity index (χ2n) is 10.8. The number of rotatable bonds is 5. The van der Waals surface area contributed by atoms with Gasteiger partial charge in [-0.2, -0.15) is 0 Å². The van der Waals surface area contributed by atoms with Crippen LogP contribution in [0.5, 0.6) is 5.75 Å². The highest BCUT2D eigenvalue weighted by Gasteiger charge is 2.31. The lowest BCUT2D eigenvalue weighted by Gasteiger charge is -2.41. The lowest BCUT2D eigenvalue weighted by atomic mass is 10.1. The second-order valence-corrected chi connectivity index (χ2v) is 10.8. The highest BCUT2D eigenvalue weighted by atomic mass is 19.1. The zero-order chi connectivity index (χ0) is 29.2. The fraction of sp³-hybridized carbons (Fsp3) is 0.200. The van der Waals surface area contributed by atoms with Crippen LogP contribution in [0, 0.1) is 12.7 Å². The average Bonchev–Trinajstić information content (AvgIpc) is 3.00. The van der Waals surface area contributed by atoms with Crippen LogP contribution < -0.4 is 14.5 Å². The van der Waals surface area contributed by atoms with Crippen molar-refractivity contribution >= 4 is 29.3 Å². The normalized spacial score (nSPS) is 17.7. The van der Waals surface area contributed by atoms with Gasteiger partial charge in [0.2, 0.25) is 0 Å². The largest absolute Gasteiger partial charge is 0.449 e. The number of para-hydroxylation sites is 2. The minimum absolute atomic E-state index is 0.0140. The van der Waals surface area contributed by atoms with E-state index < -0.39 is 0 Å². The lowest BCUT2D eigenvalue weighted by Crippen LogP contribution is -2.53. The van der Waals surface area contributed by atoms with Crippen LogP contribution in [0.3, 0.4) is 0 Å². The summed E-state index contributed by atoms with van der Waals surface area (Å²) in [6.45, 7) is 6.36. The molecule has 7 heteroatoms. The fourth-order valence-corrected chi connectivity index (χ4v) is 5.60. The molecule has 6 nitrogen and oxygen atoms in total. The molecule has 2 aliphatic heterocycles. The first kappa shape index (κ1) is 27.3. The molecule has 0 aromatic heterocycles. The third kappa shape index (κ3) is 5.50. The maximum absolute atomic E-state index is 14.4. The first-order chi connectivity index (χ1) is 20.4. The van der Waals surface area contributed by atoms with Crippen molar-refractivity contribution < 1.29 is 18.7 Å².